The fourth-order valence-electron chi connectivity index (χ4n) is 2.96. The SMILES string of the molecule is CC[C@@H](O)Cn1nc(Cn2cncn2)nc1-c1cc2nc(C)cc(C)n2n1. The van der Waals surface area contributed by atoms with E-state index >= 15 is 0 Å². The summed E-state index contributed by atoms with van der Waals surface area (Å²) in [5.41, 5.74) is 3.34. The number of nitrogens with zero attached hydrogens (tertiary/aromatic N) is 9. The van der Waals surface area contributed by atoms with Gasteiger partial charge >= 0.3 is 0 Å². The van der Waals surface area contributed by atoms with Crippen molar-refractivity contribution in [3.8, 4) is 11.5 Å². The summed E-state index contributed by atoms with van der Waals surface area (Å²) in [6.45, 7) is 6.61. The van der Waals surface area contributed by atoms with Crippen LogP contribution in [0, 0.1) is 13.8 Å². The zero-order valence-electron chi connectivity index (χ0n) is 15.5. The number of hydrogen-bond donors (Lipinski definition) is 1. The molecule has 0 spiro atoms. The average molecular weight is 367 g/mol. The number of rotatable bonds is 6. The first-order valence-corrected chi connectivity index (χ1v) is 8.82. The first kappa shape index (κ1) is 17.3. The van der Waals surface area contributed by atoms with Gasteiger partial charge < -0.3 is 5.11 Å². The topological polar surface area (TPSA) is 112 Å². The molecular formula is C17H21N9O. The molecule has 1 N–H and O–H groups in total. The van der Waals surface area contributed by atoms with E-state index in [1.54, 1.807) is 20.2 Å². The molecule has 0 aliphatic heterocycles. The smallest absolute Gasteiger partial charge is 0.179 e. The van der Waals surface area contributed by atoms with Crippen molar-refractivity contribution < 1.29 is 5.11 Å². The standard InChI is InChI=1S/C17H21N9O/c1-4-13(27)7-25-17(21-15(23-25)8-24-10-18-9-19-24)14-6-16-20-11(2)5-12(3)26(16)22-14/h5-6,9-10,13,27H,4,7-8H2,1-3H3/t13-/m1/s1. The molecule has 0 saturated carbocycles. The van der Waals surface area contributed by atoms with Gasteiger partial charge in [-0.15, -0.1) is 0 Å². The maximum Gasteiger partial charge on any atom is 0.179 e. The molecule has 4 heterocycles. The Morgan fingerprint density at radius 2 is 2.00 bits per heavy atom. The summed E-state index contributed by atoms with van der Waals surface area (Å²) in [6.07, 6.45) is 3.20. The number of aliphatic hydroxyl groups excluding tert-OH is 1. The highest BCUT2D eigenvalue weighted by atomic mass is 16.3. The van der Waals surface area contributed by atoms with Crippen LogP contribution in [0.25, 0.3) is 17.2 Å². The van der Waals surface area contributed by atoms with Crippen LogP contribution in [0.2, 0.25) is 0 Å². The molecule has 0 aliphatic rings. The second-order valence-electron chi connectivity index (χ2n) is 6.53. The van der Waals surface area contributed by atoms with Gasteiger partial charge in [0.2, 0.25) is 0 Å². The van der Waals surface area contributed by atoms with Gasteiger partial charge in [0, 0.05) is 17.5 Å². The maximum atomic E-state index is 10.1. The molecule has 10 heteroatoms. The van der Waals surface area contributed by atoms with Gasteiger partial charge in [0.15, 0.2) is 17.3 Å². The van der Waals surface area contributed by atoms with Crippen LogP contribution in [0.15, 0.2) is 24.8 Å². The normalized spacial score (nSPS) is 12.7. The molecule has 0 unspecified atom stereocenters. The van der Waals surface area contributed by atoms with E-state index in [4.69, 9.17) is 0 Å². The van der Waals surface area contributed by atoms with Crippen molar-refractivity contribution in [3.63, 3.8) is 0 Å². The fraction of sp³-hybridized carbons (Fsp3) is 0.412. The Hall–Kier alpha value is -3.14. The van der Waals surface area contributed by atoms with Crippen LogP contribution in [0.5, 0.6) is 0 Å². The molecule has 0 bridgehead atoms. The molecule has 27 heavy (non-hydrogen) atoms. The van der Waals surface area contributed by atoms with Gasteiger partial charge in [0.05, 0.1) is 12.6 Å². The largest absolute Gasteiger partial charge is 0.391 e. The molecule has 0 radical (unpaired) electrons. The van der Waals surface area contributed by atoms with Gasteiger partial charge in [-0.2, -0.15) is 15.3 Å². The summed E-state index contributed by atoms with van der Waals surface area (Å²) in [5, 5.41) is 23.4. The first-order valence-electron chi connectivity index (χ1n) is 8.82. The summed E-state index contributed by atoms with van der Waals surface area (Å²) in [4.78, 5) is 13.1. The van der Waals surface area contributed by atoms with Gasteiger partial charge in [-0.05, 0) is 26.3 Å². The number of aliphatic hydroxyl groups is 1. The number of aryl methyl sites for hydroxylation is 2. The summed E-state index contributed by atoms with van der Waals surface area (Å²) >= 11 is 0. The van der Waals surface area contributed by atoms with Gasteiger partial charge in [-0.1, -0.05) is 6.92 Å². The van der Waals surface area contributed by atoms with Crippen molar-refractivity contribution in [2.45, 2.75) is 46.4 Å². The Morgan fingerprint density at radius 1 is 1.15 bits per heavy atom. The van der Waals surface area contributed by atoms with E-state index in [2.05, 4.69) is 30.2 Å². The second kappa shape index (κ2) is 6.88. The third-order valence-corrected chi connectivity index (χ3v) is 4.30. The van der Waals surface area contributed by atoms with E-state index < -0.39 is 6.10 Å². The highest BCUT2D eigenvalue weighted by molar-refractivity contribution is 5.58. The van der Waals surface area contributed by atoms with Crippen LogP contribution in [0.4, 0.5) is 0 Å². The van der Waals surface area contributed by atoms with Crippen molar-refractivity contribution in [1.29, 1.82) is 0 Å². The van der Waals surface area contributed by atoms with Crippen molar-refractivity contribution >= 4 is 5.65 Å². The molecule has 0 saturated heterocycles. The summed E-state index contributed by atoms with van der Waals surface area (Å²) in [6, 6.07) is 3.86. The minimum Gasteiger partial charge on any atom is -0.391 e. The second-order valence-corrected chi connectivity index (χ2v) is 6.53. The summed E-state index contributed by atoms with van der Waals surface area (Å²) in [5.74, 6) is 1.18. The van der Waals surface area contributed by atoms with Crippen LogP contribution in [0.3, 0.4) is 0 Å². The third kappa shape index (κ3) is 3.43. The third-order valence-electron chi connectivity index (χ3n) is 4.30. The Kier molecular flexibility index (Phi) is 4.40. The lowest BCUT2D eigenvalue weighted by molar-refractivity contribution is 0.145. The monoisotopic (exact) mass is 367 g/mol. The predicted octanol–water partition coefficient (Wildman–Crippen LogP) is 1.02. The minimum absolute atomic E-state index is 0.343. The highest BCUT2D eigenvalue weighted by Crippen LogP contribution is 2.20. The number of hydrogen-bond acceptors (Lipinski definition) is 7. The Morgan fingerprint density at radius 3 is 2.74 bits per heavy atom. The lowest BCUT2D eigenvalue weighted by atomic mass is 10.3. The average Bonchev–Trinajstić information content (AvgIpc) is 3.35. The molecule has 140 valence electrons. The van der Waals surface area contributed by atoms with Crippen LogP contribution in [-0.4, -0.2) is 55.3 Å². The summed E-state index contributed by atoms with van der Waals surface area (Å²) in [7, 11) is 0. The van der Waals surface area contributed by atoms with E-state index in [-0.39, 0.29) is 0 Å². The van der Waals surface area contributed by atoms with Crippen LogP contribution < -0.4 is 0 Å². The quantitative estimate of drug-likeness (QED) is 0.541. The first-order chi connectivity index (χ1) is 13.0. The molecule has 0 aromatic carbocycles. The van der Waals surface area contributed by atoms with Gasteiger partial charge in [-0.25, -0.2) is 28.8 Å². The molecule has 10 nitrogen and oxygen atoms in total. The van der Waals surface area contributed by atoms with Crippen molar-refractivity contribution in [3.05, 3.63) is 42.0 Å². The van der Waals surface area contributed by atoms with Crippen LogP contribution in [-0.2, 0) is 13.1 Å². The van der Waals surface area contributed by atoms with Crippen LogP contribution in [0.1, 0.15) is 30.6 Å². The molecule has 4 aromatic rings. The Balaban J connectivity index is 1.77. The lowest BCUT2D eigenvalue weighted by Crippen LogP contribution is -2.17. The zero-order chi connectivity index (χ0) is 19.0. The summed E-state index contributed by atoms with van der Waals surface area (Å²) < 4.78 is 5.14. The van der Waals surface area contributed by atoms with Gasteiger partial charge in [-0.3, -0.25) is 0 Å². The molecule has 4 rings (SSSR count). The van der Waals surface area contributed by atoms with Crippen molar-refractivity contribution in [2.24, 2.45) is 0 Å². The molecule has 0 amide bonds. The molecule has 1 atom stereocenters. The molecule has 4 aromatic heterocycles. The van der Waals surface area contributed by atoms with Crippen molar-refractivity contribution in [2.75, 3.05) is 0 Å². The maximum absolute atomic E-state index is 10.1. The molecule has 0 aliphatic carbocycles. The fourth-order valence-corrected chi connectivity index (χ4v) is 2.96. The molecule has 0 fully saturated rings. The Bertz CT molecular complexity index is 1060. The van der Waals surface area contributed by atoms with E-state index in [1.807, 2.05) is 32.9 Å². The predicted molar refractivity (Wildman–Crippen MR) is 96.9 cm³/mol. The van der Waals surface area contributed by atoms with E-state index in [0.717, 1.165) is 17.0 Å². The van der Waals surface area contributed by atoms with Crippen molar-refractivity contribution in [1.82, 2.24) is 44.1 Å². The van der Waals surface area contributed by atoms with E-state index in [0.29, 0.717) is 36.9 Å². The molecular weight excluding hydrogens is 346 g/mol. The zero-order valence-corrected chi connectivity index (χ0v) is 15.5. The highest BCUT2D eigenvalue weighted by Gasteiger charge is 2.18. The lowest BCUT2D eigenvalue weighted by Gasteiger charge is -2.08. The van der Waals surface area contributed by atoms with E-state index in [1.165, 1.54) is 6.33 Å². The minimum atomic E-state index is -0.510. The van der Waals surface area contributed by atoms with Crippen LogP contribution >= 0.6 is 0 Å². The van der Waals surface area contributed by atoms with Gasteiger partial charge in [0.1, 0.15) is 24.9 Å². The van der Waals surface area contributed by atoms with Gasteiger partial charge in [0.25, 0.3) is 0 Å². The Labute approximate surface area is 155 Å². The van der Waals surface area contributed by atoms with E-state index in [9.17, 15) is 5.11 Å². The number of fused-ring (bicyclic) bond motifs is 1. The number of aromatic nitrogens is 9.